The summed E-state index contributed by atoms with van der Waals surface area (Å²) in [6.07, 6.45) is 3.28. The fraction of sp³-hybridized carbons (Fsp3) is 0.500. The maximum Gasteiger partial charge on any atom is 0.243 e. The molecule has 1 aliphatic rings. The molecular weight excluding hydrogens is 248 g/mol. The van der Waals surface area contributed by atoms with Gasteiger partial charge in [-0.3, -0.25) is 4.79 Å². The number of anilines is 1. The molecule has 0 aromatic heterocycles. The van der Waals surface area contributed by atoms with Crippen LogP contribution in [0, 0.1) is 6.92 Å². The Morgan fingerprint density at radius 2 is 2.17 bits per heavy atom. The normalized spacial score (nSPS) is 18.9. The van der Waals surface area contributed by atoms with Gasteiger partial charge in [-0.05, 0) is 44.0 Å². The van der Waals surface area contributed by atoms with Gasteiger partial charge in [0.05, 0.1) is 6.04 Å². The third kappa shape index (κ3) is 3.47. The van der Waals surface area contributed by atoms with Gasteiger partial charge in [-0.2, -0.15) is 0 Å². The smallest absolute Gasteiger partial charge is 0.243 e. The maximum atomic E-state index is 12.3. The second kappa shape index (κ2) is 6.76. The lowest BCUT2D eigenvalue weighted by Gasteiger charge is -2.27. The zero-order valence-electron chi connectivity index (χ0n) is 11.0. The summed E-state index contributed by atoms with van der Waals surface area (Å²) in [7, 11) is 1.85. The van der Waals surface area contributed by atoms with Crippen molar-refractivity contribution in [3.8, 4) is 0 Å². The molecule has 2 rings (SSSR count). The number of rotatable bonds is 2. The van der Waals surface area contributed by atoms with Crippen molar-refractivity contribution in [1.29, 1.82) is 0 Å². The SMILES string of the molecule is Cc1cccc(N(C)C(=O)[C@@H]2CCCCN2)c1.Cl. The molecule has 0 saturated carbocycles. The summed E-state index contributed by atoms with van der Waals surface area (Å²) >= 11 is 0. The Hall–Kier alpha value is -1.06. The summed E-state index contributed by atoms with van der Waals surface area (Å²) in [5.41, 5.74) is 2.15. The van der Waals surface area contributed by atoms with Gasteiger partial charge in [0.15, 0.2) is 0 Å². The number of halogens is 1. The third-order valence-corrected chi connectivity index (χ3v) is 3.33. The minimum atomic E-state index is -0.00531. The van der Waals surface area contributed by atoms with E-state index >= 15 is 0 Å². The number of hydrogen-bond donors (Lipinski definition) is 1. The van der Waals surface area contributed by atoms with Crippen molar-refractivity contribution in [3.05, 3.63) is 29.8 Å². The molecule has 0 aliphatic carbocycles. The first-order chi connectivity index (χ1) is 8.18. The Labute approximate surface area is 115 Å². The highest BCUT2D eigenvalue weighted by Crippen LogP contribution is 2.17. The van der Waals surface area contributed by atoms with Crippen LogP contribution in [0.2, 0.25) is 0 Å². The lowest BCUT2D eigenvalue weighted by molar-refractivity contribution is -0.120. The molecule has 0 spiro atoms. The van der Waals surface area contributed by atoms with Gasteiger partial charge in [0.2, 0.25) is 5.91 Å². The van der Waals surface area contributed by atoms with Crippen LogP contribution in [0.25, 0.3) is 0 Å². The van der Waals surface area contributed by atoms with E-state index < -0.39 is 0 Å². The standard InChI is InChI=1S/C14H20N2O.ClH/c1-11-6-5-7-12(10-11)16(2)14(17)13-8-3-4-9-15-13;/h5-7,10,13,15H,3-4,8-9H2,1-2H3;1H/t13-;/m0./s1. The van der Waals surface area contributed by atoms with Crippen LogP contribution in [-0.2, 0) is 4.79 Å². The predicted molar refractivity (Wildman–Crippen MR) is 77.5 cm³/mol. The predicted octanol–water partition coefficient (Wildman–Crippen LogP) is 2.52. The van der Waals surface area contributed by atoms with Crippen LogP contribution >= 0.6 is 12.4 Å². The Bertz CT molecular complexity index is 403. The molecule has 1 aliphatic heterocycles. The number of nitrogens with zero attached hydrogens (tertiary/aromatic N) is 1. The first-order valence-electron chi connectivity index (χ1n) is 6.26. The first-order valence-corrected chi connectivity index (χ1v) is 6.26. The van der Waals surface area contributed by atoms with Gasteiger partial charge < -0.3 is 10.2 Å². The second-order valence-corrected chi connectivity index (χ2v) is 4.74. The van der Waals surface area contributed by atoms with Crippen LogP contribution in [0.5, 0.6) is 0 Å². The van der Waals surface area contributed by atoms with Gasteiger partial charge in [-0.1, -0.05) is 18.6 Å². The minimum Gasteiger partial charge on any atom is -0.314 e. The Morgan fingerprint density at radius 3 is 2.78 bits per heavy atom. The Morgan fingerprint density at radius 1 is 1.39 bits per heavy atom. The lowest BCUT2D eigenvalue weighted by atomic mass is 10.0. The van der Waals surface area contributed by atoms with E-state index in [-0.39, 0.29) is 24.4 Å². The molecule has 0 radical (unpaired) electrons. The molecule has 18 heavy (non-hydrogen) atoms. The van der Waals surface area contributed by atoms with Crippen molar-refractivity contribution in [1.82, 2.24) is 5.32 Å². The molecule has 1 heterocycles. The summed E-state index contributed by atoms with van der Waals surface area (Å²) in [4.78, 5) is 14.0. The molecule has 1 aromatic carbocycles. The number of carbonyl (C=O) groups excluding carboxylic acids is 1. The molecule has 3 nitrogen and oxygen atoms in total. The van der Waals surface area contributed by atoms with Gasteiger partial charge in [-0.15, -0.1) is 12.4 Å². The van der Waals surface area contributed by atoms with Crippen molar-refractivity contribution >= 4 is 24.0 Å². The average Bonchev–Trinajstić information content (AvgIpc) is 2.38. The van der Waals surface area contributed by atoms with Crippen molar-refractivity contribution in [2.24, 2.45) is 0 Å². The number of piperidine rings is 1. The van der Waals surface area contributed by atoms with Gasteiger partial charge in [0, 0.05) is 12.7 Å². The van der Waals surface area contributed by atoms with Crippen LogP contribution < -0.4 is 10.2 Å². The first kappa shape index (κ1) is 15.0. The number of carbonyl (C=O) groups is 1. The molecule has 100 valence electrons. The number of amides is 1. The van der Waals surface area contributed by atoms with Crippen molar-refractivity contribution in [2.45, 2.75) is 32.2 Å². The highest BCUT2D eigenvalue weighted by molar-refractivity contribution is 5.96. The average molecular weight is 269 g/mol. The van der Waals surface area contributed by atoms with Crippen LogP contribution in [0.3, 0.4) is 0 Å². The quantitative estimate of drug-likeness (QED) is 0.894. The Balaban J connectivity index is 0.00000162. The summed E-state index contributed by atoms with van der Waals surface area (Å²) in [6.45, 7) is 3.00. The molecule has 1 amide bonds. The van der Waals surface area contributed by atoms with Gasteiger partial charge in [-0.25, -0.2) is 0 Å². The molecule has 0 unspecified atom stereocenters. The lowest BCUT2D eigenvalue weighted by Crippen LogP contribution is -2.47. The molecule has 1 N–H and O–H groups in total. The molecule has 1 aromatic rings. The minimum absolute atomic E-state index is 0. The van der Waals surface area contributed by atoms with Crippen molar-refractivity contribution in [3.63, 3.8) is 0 Å². The topological polar surface area (TPSA) is 32.3 Å². The van der Waals surface area contributed by atoms with Crippen molar-refractivity contribution in [2.75, 3.05) is 18.5 Å². The van der Waals surface area contributed by atoms with Crippen LogP contribution in [0.4, 0.5) is 5.69 Å². The van der Waals surface area contributed by atoms with E-state index in [2.05, 4.69) is 5.32 Å². The highest BCUT2D eigenvalue weighted by atomic mass is 35.5. The summed E-state index contributed by atoms with van der Waals surface area (Å²) in [5, 5.41) is 3.29. The summed E-state index contributed by atoms with van der Waals surface area (Å²) < 4.78 is 0. The Kier molecular flexibility index (Phi) is 5.63. The van der Waals surface area contributed by atoms with E-state index in [1.165, 1.54) is 12.0 Å². The molecule has 4 heteroatoms. The molecule has 1 saturated heterocycles. The van der Waals surface area contributed by atoms with Crippen molar-refractivity contribution < 1.29 is 4.79 Å². The number of nitrogens with one attached hydrogen (secondary N) is 1. The monoisotopic (exact) mass is 268 g/mol. The zero-order chi connectivity index (χ0) is 12.3. The molecule has 1 atom stereocenters. The number of hydrogen-bond acceptors (Lipinski definition) is 2. The summed E-state index contributed by atoms with van der Waals surface area (Å²) in [6, 6.07) is 8.05. The van der Waals surface area contributed by atoms with Gasteiger partial charge in [0.1, 0.15) is 0 Å². The zero-order valence-corrected chi connectivity index (χ0v) is 11.8. The van der Waals surface area contributed by atoms with E-state index in [0.29, 0.717) is 0 Å². The number of likely N-dealkylation sites (N-methyl/N-ethyl adjacent to an activating group) is 1. The van der Waals surface area contributed by atoms with E-state index in [4.69, 9.17) is 0 Å². The van der Waals surface area contributed by atoms with Gasteiger partial charge >= 0.3 is 0 Å². The maximum absolute atomic E-state index is 12.3. The van der Waals surface area contributed by atoms with Crippen LogP contribution in [-0.4, -0.2) is 25.5 Å². The van der Waals surface area contributed by atoms with E-state index in [1.807, 2.05) is 38.2 Å². The van der Waals surface area contributed by atoms with Crippen LogP contribution in [0.15, 0.2) is 24.3 Å². The third-order valence-electron chi connectivity index (χ3n) is 3.33. The molecular formula is C14H21ClN2O. The van der Waals surface area contributed by atoms with Crippen LogP contribution in [0.1, 0.15) is 24.8 Å². The largest absolute Gasteiger partial charge is 0.314 e. The second-order valence-electron chi connectivity index (χ2n) is 4.74. The van der Waals surface area contributed by atoms with Gasteiger partial charge in [0.25, 0.3) is 0 Å². The molecule has 0 bridgehead atoms. The molecule has 1 fully saturated rings. The van der Waals surface area contributed by atoms with E-state index in [9.17, 15) is 4.79 Å². The fourth-order valence-corrected chi connectivity index (χ4v) is 2.26. The fourth-order valence-electron chi connectivity index (χ4n) is 2.26. The number of aryl methyl sites for hydroxylation is 1. The number of benzene rings is 1. The summed E-state index contributed by atoms with van der Waals surface area (Å²) in [5.74, 6) is 0.176. The van der Waals surface area contributed by atoms with E-state index in [1.54, 1.807) is 4.90 Å². The van der Waals surface area contributed by atoms with E-state index in [0.717, 1.165) is 25.1 Å². The highest BCUT2D eigenvalue weighted by Gasteiger charge is 2.24.